The van der Waals surface area contributed by atoms with Gasteiger partial charge in [0.25, 0.3) is 0 Å². The molecule has 0 saturated carbocycles. The van der Waals surface area contributed by atoms with Crippen molar-refractivity contribution in [3.05, 3.63) is 75.6 Å². The van der Waals surface area contributed by atoms with Gasteiger partial charge in [-0.15, -0.1) is 0 Å². The van der Waals surface area contributed by atoms with Crippen molar-refractivity contribution in [1.29, 1.82) is 0 Å². The fraction of sp³-hybridized carbons (Fsp3) is 0.407. The molecule has 1 aliphatic heterocycles. The maximum absolute atomic E-state index is 12.5. The third kappa shape index (κ3) is 6.48. The smallest absolute Gasteiger partial charge is 0.339 e. The number of carbonyl (C=O) groups excluding carboxylic acids is 1. The van der Waals surface area contributed by atoms with Gasteiger partial charge in [0.15, 0.2) is 0 Å². The van der Waals surface area contributed by atoms with Crippen LogP contribution in [0.2, 0.25) is 0 Å². The van der Waals surface area contributed by atoms with Crippen LogP contribution in [0, 0.1) is 6.92 Å². The molecule has 1 aliphatic rings. The van der Waals surface area contributed by atoms with Crippen molar-refractivity contribution in [3.63, 3.8) is 0 Å². The molecule has 1 aromatic heterocycles. The second kappa shape index (κ2) is 11.0. The van der Waals surface area contributed by atoms with Crippen LogP contribution in [0.25, 0.3) is 11.0 Å². The van der Waals surface area contributed by atoms with Crippen LogP contribution in [0.3, 0.4) is 0 Å². The summed E-state index contributed by atoms with van der Waals surface area (Å²) in [7, 11) is 0. The Morgan fingerprint density at radius 2 is 1.91 bits per heavy atom. The summed E-state index contributed by atoms with van der Waals surface area (Å²) in [5.74, 6) is -0.0905. The first-order chi connectivity index (χ1) is 16.8. The SMILES string of the molecule is Cc1ccc2oc(=O)c(CC(O)(CCc3ccc(OCCN4CCNCC4)cc3)C(N)=O)cc2c1. The van der Waals surface area contributed by atoms with E-state index in [0.717, 1.165) is 55.0 Å². The number of nitrogens with two attached hydrogens (primary N) is 1. The highest BCUT2D eigenvalue weighted by molar-refractivity contribution is 5.84. The average Bonchev–Trinajstić information content (AvgIpc) is 2.85. The lowest BCUT2D eigenvalue weighted by Crippen LogP contribution is -2.47. The van der Waals surface area contributed by atoms with Crippen molar-refractivity contribution in [3.8, 4) is 5.75 Å². The standard InChI is InChI=1S/C27H33N3O5/c1-19-2-7-24-21(16-19)17-22(25(31)35-24)18-27(33,26(28)32)9-8-20-3-5-23(6-4-20)34-15-14-30-12-10-29-11-13-30/h2-7,16-17,29,33H,8-15,18H2,1H3,(H2,28,32). The summed E-state index contributed by atoms with van der Waals surface area (Å²) in [5.41, 5.74) is 5.73. The number of aliphatic hydroxyl groups is 1. The number of carbonyl (C=O) groups is 1. The Morgan fingerprint density at radius 3 is 2.63 bits per heavy atom. The molecule has 2 heterocycles. The minimum absolute atomic E-state index is 0.0802. The zero-order valence-electron chi connectivity index (χ0n) is 20.1. The summed E-state index contributed by atoms with van der Waals surface area (Å²) in [6.45, 7) is 7.53. The number of ether oxygens (including phenoxy) is 1. The molecular weight excluding hydrogens is 446 g/mol. The molecule has 35 heavy (non-hydrogen) atoms. The first kappa shape index (κ1) is 24.9. The van der Waals surface area contributed by atoms with E-state index in [2.05, 4.69) is 10.2 Å². The van der Waals surface area contributed by atoms with Gasteiger partial charge in [-0.2, -0.15) is 0 Å². The van der Waals surface area contributed by atoms with E-state index < -0.39 is 17.1 Å². The van der Waals surface area contributed by atoms with Crippen LogP contribution < -0.4 is 21.4 Å². The average molecular weight is 480 g/mol. The number of benzene rings is 2. The number of nitrogens with one attached hydrogen (secondary N) is 1. The summed E-state index contributed by atoms with van der Waals surface area (Å²) in [6, 6.07) is 14.7. The number of rotatable bonds is 10. The van der Waals surface area contributed by atoms with Gasteiger partial charge in [-0.3, -0.25) is 9.69 Å². The second-order valence-corrected chi connectivity index (χ2v) is 9.26. The predicted octanol–water partition coefficient (Wildman–Crippen LogP) is 1.78. The number of fused-ring (bicyclic) bond motifs is 1. The van der Waals surface area contributed by atoms with Gasteiger partial charge >= 0.3 is 5.63 Å². The van der Waals surface area contributed by atoms with Crippen LogP contribution in [-0.4, -0.2) is 60.8 Å². The molecule has 0 aliphatic carbocycles. The van der Waals surface area contributed by atoms with E-state index in [9.17, 15) is 14.7 Å². The number of amides is 1. The molecule has 0 spiro atoms. The van der Waals surface area contributed by atoms with E-state index in [1.54, 1.807) is 12.1 Å². The number of piperazine rings is 1. The Morgan fingerprint density at radius 1 is 1.17 bits per heavy atom. The van der Waals surface area contributed by atoms with Crippen LogP contribution in [-0.2, 0) is 17.6 Å². The van der Waals surface area contributed by atoms with Crippen LogP contribution in [0.4, 0.5) is 0 Å². The highest BCUT2D eigenvalue weighted by Gasteiger charge is 2.35. The third-order valence-corrected chi connectivity index (χ3v) is 6.54. The minimum atomic E-state index is -1.87. The molecule has 1 saturated heterocycles. The van der Waals surface area contributed by atoms with Crippen LogP contribution >= 0.6 is 0 Å². The van der Waals surface area contributed by atoms with Crippen molar-refractivity contribution in [2.24, 2.45) is 5.73 Å². The molecule has 1 amide bonds. The largest absolute Gasteiger partial charge is 0.492 e. The maximum Gasteiger partial charge on any atom is 0.339 e. The number of nitrogens with zero attached hydrogens (tertiary/aromatic N) is 1. The molecule has 8 heteroatoms. The Balaban J connectivity index is 1.36. The van der Waals surface area contributed by atoms with Crippen molar-refractivity contribution < 1.29 is 19.1 Å². The van der Waals surface area contributed by atoms with Crippen LogP contribution in [0.5, 0.6) is 5.75 Å². The normalized spacial score (nSPS) is 16.2. The van der Waals surface area contributed by atoms with Gasteiger partial charge in [0.1, 0.15) is 23.5 Å². The molecule has 0 radical (unpaired) electrons. The summed E-state index contributed by atoms with van der Waals surface area (Å²) in [5, 5.41) is 15.1. The minimum Gasteiger partial charge on any atom is -0.492 e. The van der Waals surface area contributed by atoms with Crippen molar-refractivity contribution in [2.45, 2.75) is 31.8 Å². The van der Waals surface area contributed by atoms with Gasteiger partial charge in [-0.1, -0.05) is 23.8 Å². The van der Waals surface area contributed by atoms with Gasteiger partial charge in [-0.05, 0) is 55.7 Å². The van der Waals surface area contributed by atoms with E-state index >= 15 is 0 Å². The summed E-state index contributed by atoms with van der Waals surface area (Å²) in [6.07, 6.45) is 0.289. The molecule has 1 atom stereocenters. The van der Waals surface area contributed by atoms with Gasteiger partial charge in [-0.25, -0.2) is 4.79 Å². The number of aryl methyl sites for hydroxylation is 2. The summed E-state index contributed by atoms with van der Waals surface area (Å²) in [4.78, 5) is 27.0. The van der Waals surface area contributed by atoms with Gasteiger partial charge in [0, 0.05) is 50.1 Å². The zero-order chi connectivity index (χ0) is 24.8. The monoisotopic (exact) mass is 479 g/mol. The Hall–Kier alpha value is -3.20. The molecule has 8 nitrogen and oxygen atoms in total. The van der Waals surface area contributed by atoms with E-state index in [-0.39, 0.29) is 18.4 Å². The lowest BCUT2D eigenvalue weighted by molar-refractivity contribution is -0.136. The van der Waals surface area contributed by atoms with Crippen molar-refractivity contribution in [2.75, 3.05) is 39.3 Å². The van der Waals surface area contributed by atoms with Gasteiger partial charge in [0.05, 0.1) is 0 Å². The summed E-state index contributed by atoms with van der Waals surface area (Å²) >= 11 is 0. The van der Waals surface area contributed by atoms with E-state index in [1.807, 2.05) is 43.3 Å². The van der Waals surface area contributed by atoms with Crippen LogP contribution in [0.1, 0.15) is 23.1 Å². The Kier molecular flexibility index (Phi) is 7.85. The van der Waals surface area contributed by atoms with Crippen molar-refractivity contribution >= 4 is 16.9 Å². The van der Waals surface area contributed by atoms with Crippen LogP contribution in [0.15, 0.2) is 57.7 Å². The summed E-state index contributed by atoms with van der Waals surface area (Å²) < 4.78 is 11.2. The Bertz CT molecular complexity index is 1220. The quantitative estimate of drug-likeness (QED) is 0.379. The van der Waals surface area contributed by atoms with Gasteiger partial charge < -0.3 is 25.3 Å². The molecule has 4 N–H and O–H groups in total. The number of hydrogen-bond acceptors (Lipinski definition) is 7. The maximum atomic E-state index is 12.5. The van der Waals surface area contributed by atoms with E-state index in [1.165, 1.54) is 0 Å². The lowest BCUT2D eigenvalue weighted by atomic mass is 9.88. The first-order valence-corrected chi connectivity index (χ1v) is 12.0. The highest BCUT2D eigenvalue weighted by atomic mass is 16.5. The molecular formula is C27H33N3O5. The number of hydrogen-bond donors (Lipinski definition) is 3. The zero-order valence-corrected chi connectivity index (χ0v) is 20.1. The highest BCUT2D eigenvalue weighted by Crippen LogP contribution is 2.23. The lowest BCUT2D eigenvalue weighted by Gasteiger charge is -2.26. The number of primary amides is 1. The van der Waals surface area contributed by atoms with Gasteiger partial charge in [0.2, 0.25) is 5.91 Å². The topological polar surface area (TPSA) is 118 Å². The molecule has 186 valence electrons. The third-order valence-electron chi connectivity index (χ3n) is 6.54. The fourth-order valence-electron chi connectivity index (χ4n) is 4.35. The Labute approximate surface area is 204 Å². The predicted molar refractivity (Wildman–Crippen MR) is 135 cm³/mol. The molecule has 3 aromatic rings. The fourth-order valence-corrected chi connectivity index (χ4v) is 4.35. The molecule has 4 rings (SSSR count). The molecule has 1 unspecified atom stereocenters. The second-order valence-electron chi connectivity index (χ2n) is 9.26. The molecule has 0 bridgehead atoms. The van der Waals surface area contributed by atoms with E-state index in [4.69, 9.17) is 14.9 Å². The molecule has 1 fully saturated rings. The first-order valence-electron chi connectivity index (χ1n) is 12.0. The van der Waals surface area contributed by atoms with Crippen molar-refractivity contribution in [1.82, 2.24) is 10.2 Å². The van der Waals surface area contributed by atoms with E-state index in [0.29, 0.717) is 18.6 Å². The molecule has 2 aromatic carbocycles.